The number of nitro groups is 1. The number of nitrogens with zero attached hydrogens (tertiary/aromatic N) is 1. The van der Waals surface area contributed by atoms with E-state index in [1.54, 1.807) is 26.0 Å². The van der Waals surface area contributed by atoms with Crippen LogP contribution in [0.1, 0.15) is 36.2 Å². The second-order valence-electron chi connectivity index (χ2n) is 15.7. The molecular formula is C39H55N3O21. The second kappa shape index (κ2) is 22.1. The third-order valence-electron chi connectivity index (χ3n) is 10.7. The lowest BCUT2D eigenvalue weighted by Gasteiger charge is -2.48. The lowest BCUT2D eigenvalue weighted by atomic mass is 9.95. The Morgan fingerprint density at radius 1 is 0.778 bits per heavy atom. The summed E-state index contributed by atoms with van der Waals surface area (Å²) in [6.45, 7) is 0.533. The molecule has 3 fully saturated rings. The second-order valence-corrected chi connectivity index (χ2v) is 15.7. The summed E-state index contributed by atoms with van der Waals surface area (Å²) in [5.41, 5.74) is 5.93. The number of anilines is 1. The number of ether oxygens (including phenoxy) is 7. The quantitative estimate of drug-likeness (QED) is 0.0296. The minimum atomic E-state index is -2.11. The van der Waals surface area contributed by atoms with Crippen LogP contribution in [0.3, 0.4) is 0 Å². The molecule has 0 bridgehead atoms. The molecule has 2 aromatic rings. The van der Waals surface area contributed by atoms with Gasteiger partial charge in [-0.2, -0.15) is 0 Å². The van der Waals surface area contributed by atoms with Crippen LogP contribution < -0.4 is 11.1 Å². The summed E-state index contributed by atoms with van der Waals surface area (Å²) in [5.74, 6) is -2.71. The fourth-order valence-corrected chi connectivity index (χ4v) is 7.30. The number of para-hydroxylation sites is 1. The molecule has 0 saturated carbocycles. The molecule has 0 unspecified atom stereocenters. The highest BCUT2D eigenvalue weighted by atomic mass is 16.8. The van der Waals surface area contributed by atoms with E-state index in [0.29, 0.717) is 5.56 Å². The number of nitrogens with one attached hydrogen (secondary N) is 1. The average Bonchev–Trinajstić information content (AvgIpc) is 3.25. The van der Waals surface area contributed by atoms with Gasteiger partial charge in [-0.15, -0.1) is 0 Å². The van der Waals surface area contributed by atoms with Gasteiger partial charge in [0, 0.05) is 11.8 Å². The predicted molar refractivity (Wildman–Crippen MR) is 209 cm³/mol. The summed E-state index contributed by atoms with van der Waals surface area (Å²) in [6, 6.07) is 8.26. The van der Waals surface area contributed by atoms with Gasteiger partial charge < -0.3 is 95.3 Å². The molecule has 13 N–H and O–H groups in total. The first kappa shape index (κ1) is 49.8. The number of aliphatic hydroxyl groups excluding tert-OH is 9. The molecule has 3 saturated heterocycles. The number of rotatable bonds is 18. The molecule has 16 atom stereocenters. The molecular weight excluding hydrogens is 846 g/mol. The van der Waals surface area contributed by atoms with E-state index in [4.69, 9.17) is 38.9 Å². The van der Waals surface area contributed by atoms with E-state index in [1.807, 2.05) is 0 Å². The number of carbonyl (C=O) groups is 2. The fourth-order valence-electron chi connectivity index (χ4n) is 7.30. The zero-order chi connectivity index (χ0) is 46.3. The highest BCUT2D eigenvalue weighted by molar-refractivity contribution is 6.00. The monoisotopic (exact) mass is 901 g/mol. The Morgan fingerprint density at radius 3 is 1.98 bits per heavy atom. The molecule has 0 spiro atoms. The Labute approximate surface area is 359 Å². The molecule has 24 nitrogen and oxygen atoms in total. The van der Waals surface area contributed by atoms with Crippen molar-refractivity contribution in [3.05, 3.63) is 63.7 Å². The van der Waals surface area contributed by atoms with E-state index >= 15 is 0 Å². The van der Waals surface area contributed by atoms with Gasteiger partial charge in [-0.3, -0.25) is 14.9 Å². The molecule has 1 amide bonds. The van der Waals surface area contributed by atoms with Gasteiger partial charge in [0.15, 0.2) is 30.7 Å². The normalized spacial score (nSPS) is 34.0. The van der Waals surface area contributed by atoms with Crippen molar-refractivity contribution >= 4 is 23.3 Å². The Balaban J connectivity index is 1.39. The van der Waals surface area contributed by atoms with Crippen LogP contribution in [0.15, 0.2) is 42.5 Å². The molecule has 5 rings (SSSR count). The van der Waals surface area contributed by atoms with Crippen molar-refractivity contribution < 1.29 is 98.7 Å². The lowest BCUT2D eigenvalue weighted by Crippen LogP contribution is -2.67. The number of carbonyl (C=O) groups excluding carboxylic acids is 2. The van der Waals surface area contributed by atoms with E-state index < -0.39 is 146 Å². The summed E-state index contributed by atoms with van der Waals surface area (Å²) in [4.78, 5) is 37.8. The van der Waals surface area contributed by atoms with E-state index in [0.717, 1.165) is 12.1 Å². The van der Waals surface area contributed by atoms with Crippen LogP contribution in [0, 0.1) is 16.0 Å². The SMILES string of the molecule is CC(C)C[C@H](NC(=O)c1ccccc1N)C(=O)O[C@H]1[C@@H](O[C@H]2[C@H](O)[C@@H](O)[C@H](OCCc3ccc(O)c([N+](=O)[O-])c3)O[C@@H]2CO)O[C@H](CO)[C@@H](O[C@H]2O[C@H](CO)[C@@H](O)[C@H](O)[C@H]2O)[C@@H]1O. The first-order chi connectivity index (χ1) is 29.9. The number of phenols is 1. The summed E-state index contributed by atoms with van der Waals surface area (Å²) in [6.07, 6.45) is -27.4. The molecule has 3 heterocycles. The summed E-state index contributed by atoms with van der Waals surface area (Å²) in [7, 11) is 0. The summed E-state index contributed by atoms with van der Waals surface area (Å²) >= 11 is 0. The average molecular weight is 902 g/mol. The molecule has 0 aromatic heterocycles. The molecule has 3 aliphatic rings. The van der Waals surface area contributed by atoms with Crippen molar-refractivity contribution in [1.29, 1.82) is 0 Å². The van der Waals surface area contributed by atoms with Crippen molar-refractivity contribution in [3.8, 4) is 5.75 Å². The van der Waals surface area contributed by atoms with Gasteiger partial charge in [-0.1, -0.05) is 32.0 Å². The van der Waals surface area contributed by atoms with Crippen molar-refractivity contribution in [1.82, 2.24) is 5.32 Å². The van der Waals surface area contributed by atoms with E-state index in [2.05, 4.69) is 5.32 Å². The van der Waals surface area contributed by atoms with Crippen molar-refractivity contribution in [2.75, 3.05) is 32.2 Å². The Bertz CT molecular complexity index is 1840. The summed E-state index contributed by atoms with van der Waals surface area (Å²) in [5, 5.41) is 120. The summed E-state index contributed by atoms with van der Waals surface area (Å²) < 4.78 is 40.2. The van der Waals surface area contributed by atoms with Crippen LogP contribution in [0.25, 0.3) is 0 Å². The van der Waals surface area contributed by atoms with Gasteiger partial charge in [0.25, 0.3) is 5.91 Å². The van der Waals surface area contributed by atoms with Crippen molar-refractivity contribution in [2.45, 2.75) is 125 Å². The number of amides is 1. The molecule has 63 heavy (non-hydrogen) atoms. The van der Waals surface area contributed by atoms with Crippen LogP contribution in [0.4, 0.5) is 11.4 Å². The van der Waals surface area contributed by atoms with Gasteiger partial charge in [0.05, 0.1) is 36.9 Å². The smallest absolute Gasteiger partial charge is 0.329 e. The zero-order valence-electron chi connectivity index (χ0n) is 34.1. The highest BCUT2D eigenvalue weighted by Crippen LogP contribution is 2.35. The number of aromatic hydroxyl groups is 1. The van der Waals surface area contributed by atoms with Gasteiger partial charge in [-0.05, 0) is 42.5 Å². The standard InChI is InChI=1S/C39H55N3O21/c1-16(2)11-20(41-35(53)18-5-3-4-6-19(18)40)36(54)61-34-31(52)33(62-38-29(50)27(48)26(47)23(13-43)58-38)25(15-45)60-39(34)63-32-24(14-44)59-37(30(51)28(32)49)57-10-9-17-7-8-22(46)21(12-17)42(55)56/h3-8,12,16,20,23-34,37-39,43-52H,9-11,13-15,40H2,1-2H3,(H,41,53)/t20-,23+,24+,25+,26+,27-,28+,29+,30+,31-,32+,33+,34+,37+,38+,39+/m0/s1. The Morgan fingerprint density at radius 2 is 1.37 bits per heavy atom. The largest absolute Gasteiger partial charge is 0.502 e. The third-order valence-corrected chi connectivity index (χ3v) is 10.7. The fraction of sp³-hybridized carbons (Fsp3) is 0.641. The first-order valence-electron chi connectivity index (χ1n) is 20.0. The topological polar surface area (TPSA) is 382 Å². The molecule has 24 heteroatoms. The predicted octanol–water partition coefficient (Wildman–Crippen LogP) is -3.71. The van der Waals surface area contributed by atoms with E-state index in [9.17, 15) is 70.8 Å². The van der Waals surface area contributed by atoms with Crippen molar-refractivity contribution in [3.63, 3.8) is 0 Å². The highest BCUT2D eigenvalue weighted by Gasteiger charge is 2.55. The van der Waals surface area contributed by atoms with Crippen LogP contribution in [0.5, 0.6) is 5.75 Å². The number of hydrogen-bond acceptors (Lipinski definition) is 22. The minimum Gasteiger partial charge on any atom is -0.502 e. The number of nitro benzene ring substituents is 1. The number of nitrogens with two attached hydrogens (primary N) is 1. The molecule has 0 radical (unpaired) electrons. The molecule has 2 aromatic carbocycles. The maximum absolute atomic E-state index is 14.0. The maximum atomic E-state index is 14.0. The van der Waals surface area contributed by atoms with Gasteiger partial charge >= 0.3 is 11.7 Å². The molecule has 0 aliphatic carbocycles. The van der Waals surface area contributed by atoms with Gasteiger partial charge in [0.2, 0.25) is 0 Å². The first-order valence-corrected chi connectivity index (χ1v) is 20.0. The van der Waals surface area contributed by atoms with Crippen LogP contribution in [-0.4, -0.2) is 192 Å². The van der Waals surface area contributed by atoms with Crippen molar-refractivity contribution in [2.24, 2.45) is 5.92 Å². The van der Waals surface area contributed by atoms with Gasteiger partial charge in [0.1, 0.15) is 73.2 Å². The van der Waals surface area contributed by atoms with E-state index in [1.165, 1.54) is 18.2 Å². The lowest BCUT2D eigenvalue weighted by molar-refractivity contribution is -0.385. The van der Waals surface area contributed by atoms with Crippen LogP contribution in [-0.2, 0) is 44.4 Å². The number of benzene rings is 2. The van der Waals surface area contributed by atoms with Gasteiger partial charge in [-0.25, -0.2) is 4.79 Å². The molecule has 3 aliphatic heterocycles. The number of esters is 1. The molecule has 352 valence electrons. The van der Waals surface area contributed by atoms with Crippen LogP contribution in [0.2, 0.25) is 0 Å². The number of nitrogen functional groups attached to an aromatic ring is 1. The van der Waals surface area contributed by atoms with E-state index in [-0.39, 0.29) is 36.6 Å². The number of phenolic OH excluding ortho intramolecular Hbond substituents is 1. The number of aliphatic hydroxyl groups is 9. The Hall–Kier alpha value is -4.22. The number of hydrogen-bond donors (Lipinski definition) is 12. The maximum Gasteiger partial charge on any atom is 0.329 e. The zero-order valence-corrected chi connectivity index (χ0v) is 34.1. The minimum absolute atomic E-state index is 0.0142. The Kier molecular flexibility index (Phi) is 17.5. The third kappa shape index (κ3) is 11.7. The van der Waals surface area contributed by atoms with Crippen LogP contribution >= 0.6 is 0 Å².